The summed E-state index contributed by atoms with van der Waals surface area (Å²) in [5, 5.41) is 0.813. The number of hydrogen-bond acceptors (Lipinski definition) is 4. The van der Waals surface area contributed by atoms with Crippen LogP contribution in [0.25, 0.3) is 0 Å². The molecule has 2 aromatic carbocycles. The Morgan fingerprint density at radius 3 is 2.83 bits per heavy atom. The predicted octanol–water partition coefficient (Wildman–Crippen LogP) is 4.94. The van der Waals surface area contributed by atoms with Gasteiger partial charge in [-0.15, -0.1) is 0 Å². The molecule has 3 aliphatic rings. The molecular weight excluding hydrogens is 456 g/mol. The Morgan fingerprint density at radius 2 is 1.97 bits per heavy atom. The molecule has 1 fully saturated rings. The Hall–Kier alpha value is -3.02. The van der Waals surface area contributed by atoms with Gasteiger partial charge in [0.15, 0.2) is 0 Å². The normalized spacial score (nSPS) is 19.9. The first-order chi connectivity index (χ1) is 17.0. The quantitative estimate of drug-likeness (QED) is 0.526. The van der Waals surface area contributed by atoms with Gasteiger partial charge in [-0.05, 0) is 72.8 Å². The number of nitrogens with zero attached hydrogens (tertiary/aromatic N) is 4. The first-order valence-corrected chi connectivity index (χ1v) is 12.8. The highest BCUT2D eigenvalue weighted by Gasteiger charge is 2.33. The SMILES string of the molecule is Cc1cc(C2=NCc3cc4c(cc32)CN([C@@H]2CCCN(Cc3ccccc3Cl)C2)C(=O)C4)ccn1. The van der Waals surface area contributed by atoms with Gasteiger partial charge in [-0.3, -0.25) is 19.7 Å². The first kappa shape index (κ1) is 22.4. The number of aliphatic imine (C=N–C) groups is 1. The summed E-state index contributed by atoms with van der Waals surface area (Å²) in [6.07, 6.45) is 4.47. The summed E-state index contributed by atoms with van der Waals surface area (Å²) >= 11 is 6.41. The zero-order chi connectivity index (χ0) is 23.9. The van der Waals surface area contributed by atoms with Gasteiger partial charge in [-0.1, -0.05) is 35.9 Å². The van der Waals surface area contributed by atoms with Crippen LogP contribution in [0.5, 0.6) is 0 Å². The van der Waals surface area contributed by atoms with Crippen molar-refractivity contribution in [3.05, 3.63) is 98.8 Å². The fourth-order valence-electron chi connectivity index (χ4n) is 5.76. The third-order valence-electron chi connectivity index (χ3n) is 7.53. The molecular formula is C29H29ClN4O. The third-order valence-corrected chi connectivity index (χ3v) is 7.90. The third kappa shape index (κ3) is 4.39. The summed E-state index contributed by atoms with van der Waals surface area (Å²) in [7, 11) is 0. The van der Waals surface area contributed by atoms with Crippen molar-refractivity contribution in [3.8, 4) is 0 Å². The van der Waals surface area contributed by atoms with Gasteiger partial charge >= 0.3 is 0 Å². The Kier molecular flexibility index (Phi) is 5.91. The van der Waals surface area contributed by atoms with E-state index in [1.807, 2.05) is 37.4 Å². The van der Waals surface area contributed by atoms with Crippen molar-refractivity contribution in [2.24, 2.45) is 4.99 Å². The highest BCUT2D eigenvalue weighted by atomic mass is 35.5. The minimum Gasteiger partial charge on any atom is -0.334 e. The van der Waals surface area contributed by atoms with Crippen LogP contribution >= 0.6 is 11.6 Å². The number of carbonyl (C=O) groups excluding carboxylic acids is 1. The first-order valence-electron chi connectivity index (χ1n) is 12.4. The zero-order valence-corrected chi connectivity index (χ0v) is 20.8. The molecule has 0 N–H and O–H groups in total. The molecule has 0 bridgehead atoms. The van der Waals surface area contributed by atoms with E-state index < -0.39 is 0 Å². The highest BCUT2D eigenvalue weighted by molar-refractivity contribution is 6.31. The van der Waals surface area contributed by atoms with Crippen LogP contribution in [0, 0.1) is 6.92 Å². The predicted molar refractivity (Wildman–Crippen MR) is 139 cm³/mol. The number of aromatic nitrogens is 1. The molecule has 1 atom stereocenters. The molecule has 35 heavy (non-hydrogen) atoms. The van der Waals surface area contributed by atoms with Gasteiger partial charge in [0, 0.05) is 53.7 Å². The lowest BCUT2D eigenvalue weighted by molar-refractivity contribution is -0.135. The van der Waals surface area contributed by atoms with Crippen molar-refractivity contribution in [2.75, 3.05) is 13.1 Å². The average molecular weight is 485 g/mol. The Bertz CT molecular complexity index is 1330. The van der Waals surface area contributed by atoms with Crippen molar-refractivity contribution < 1.29 is 4.79 Å². The summed E-state index contributed by atoms with van der Waals surface area (Å²) in [5.41, 5.74) is 9.14. The van der Waals surface area contributed by atoms with Crippen molar-refractivity contribution in [1.82, 2.24) is 14.8 Å². The van der Waals surface area contributed by atoms with Gasteiger partial charge in [0.2, 0.25) is 5.91 Å². The van der Waals surface area contributed by atoms with E-state index in [0.29, 0.717) is 19.5 Å². The van der Waals surface area contributed by atoms with Crippen LogP contribution in [0.15, 0.2) is 59.7 Å². The topological polar surface area (TPSA) is 48.8 Å². The number of rotatable bonds is 4. The van der Waals surface area contributed by atoms with Gasteiger partial charge in [-0.2, -0.15) is 0 Å². The van der Waals surface area contributed by atoms with Gasteiger partial charge in [-0.25, -0.2) is 0 Å². The lowest BCUT2D eigenvalue weighted by atomic mass is 9.90. The number of aryl methyl sites for hydroxylation is 1. The number of benzene rings is 2. The van der Waals surface area contributed by atoms with Crippen LogP contribution in [0.1, 0.15) is 51.9 Å². The van der Waals surface area contributed by atoms with Crippen LogP contribution in [-0.4, -0.2) is 45.5 Å². The molecule has 1 aromatic heterocycles. The van der Waals surface area contributed by atoms with Crippen LogP contribution in [0.3, 0.4) is 0 Å². The minimum atomic E-state index is 0.233. The zero-order valence-electron chi connectivity index (χ0n) is 20.0. The number of likely N-dealkylation sites (tertiary alicyclic amines) is 1. The maximum atomic E-state index is 13.2. The largest absolute Gasteiger partial charge is 0.334 e. The molecule has 6 heteroatoms. The Labute approximate surface area is 211 Å². The molecule has 0 spiro atoms. The van der Waals surface area contributed by atoms with E-state index in [2.05, 4.69) is 39.0 Å². The van der Waals surface area contributed by atoms with E-state index in [-0.39, 0.29) is 11.9 Å². The van der Waals surface area contributed by atoms with Crippen LogP contribution in [0.4, 0.5) is 0 Å². The average Bonchev–Trinajstić information content (AvgIpc) is 3.26. The maximum Gasteiger partial charge on any atom is 0.227 e. The van der Waals surface area contributed by atoms with E-state index in [4.69, 9.17) is 16.6 Å². The number of amides is 1. The summed E-state index contributed by atoms with van der Waals surface area (Å²) in [6.45, 7) is 6.12. The molecule has 1 amide bonds. The van der Waals surface area contributed by atoms with E-state index in [1.165, 1.54) is 16.7 Å². The summed E-state index contributed by atoms with van der Waals surface area (Å²) in [5.74, 6) is 0.242. The lowest BCUT2D eigenvalue weighted by Gasteiger charge is -2.41. The molecule has 5 nitrogen and oxygen atoms in total. The van der Waals surface area contributed by atoms with Gasteiger partial charge in [0.25, 0.3) is 0 Å². The Morgan fingerprint density at radius 1 is 1.09 bits per heavy atom. The van der Waals surface area contributed by atoms with Crippen LogP contribution < -0.4 is 0 Å². The van der Waals surface area contributed by atoms with Gasteiger partial charge in [0.1, 0.15) is 0 Å². The Balaban J connectivity index is 1.22. The molecule has 0 radical (unpaired) electrons. The number of carbonyl (C=O) groups is 1. The standard InChI is InChI=1S/C29H29ClN4O/c1-19-11-20(8-9-31-19)29-26-13-24-17-34(28(35)14-22(24)12-23(26)15-32-29)25-6-4-10-33(18-25)16-21-5-2-3-7-27(21)30/h2-3,5,7-9,11-13,25H,4,6,10,14-18H2,1H3/t25-/m1/s1. The van der Waals surface area contributed by atoms with E-state index in [9.17, 15) is 4.79 Å². The summed E-state index contributed by atoms with van der Waals surface area (Å²) in [6, 6.07) is 16.9. The van der Waals surface area contributed by atoms with Crippen molar-refractivity contribution in [2.45, 2.75) is 51.9 Å². The second-order valence-corrected chi connectivity index (χ2v) is 10.4. The van der Waals surface area contributed by atoms with Crippen molar-refractivity contribution in [3.63, 3.8) is 0 Å². The highest BCUT2D eigenvalue weighted by Crippen LogP contribution is 2.32. The number of fused-ring (bicyclic) bond motifs is 2. The maximum absolute atomic E-state index is 13.2. The van der Waals surface area contributed by atoms with E-state index in [0.717, 1.165) is 65.6 Å². The smallest absolute Gasteiger partial charge is 0.227 e. The monoisotopic (exact) mass is 484 g/mol. The van der Waals surface area contributed by atoms with Gasteiger partial charge in [0.05, 0.1) is 18.7 Å². The molecule has 6 rings (SSSR count). The number of hydrogen-bond donors (Lipinski definition) is 0. The second-order valence-electron chi connectivity index (χ2n) is 9.95. The number of halogens is 1. The van der Waals surface area contributed by atoms with E-state index >= 15 is 0 Å². The summed E-state index contributed by atoms with van der Waals surface area (Å²) in [4.78, 5) is 27.0. The fraction of sp³-hybridized carbons (Fsp3) is 0.345. The molecule has 0 saturated carbocycles. The number of pyridine rings is 1. The molecule has 3 aliphatic heterocycles. The molecule has 0 aliphatic carbocycles. The van der Waals surface area contributed by atoms with E-state index in [1.54, 1.807) is 0 Å². The second kappa shape index (κ2) is 9.21. The van der Waals surface area contributed by atoms with Gasteiger partial charge < -0.3 is 4.90 Å². The fourth-order valence-corrected chi connectivity index (χ4v) is 5.95. The molecule has 4 heterocycles. The molecule has 0 unspecified atom stereocenters. The lowest BCUT2D eigenvalue weighted by Crippen LogP contribution is -2.51. The minimum absolute atomic E-state index is 0.233. The van der Waals surface area contributed by atoms with Crippen molar-refractivity contribution >= 4 is 23.2 Å². The number of piperidine rings is 1. The van der Waals surface area contributed by atoms with Crippen LogP contribution in [0.2, 0.25) is 5.02 Å². The summed E-state index contributed by atoms with van der Waals surface area (Å²) < 4.78 is 0. The van der Waals surface area contributed by atoms with Crippen LogP contribution in [-0.2, 0) is 30.8 Å². The molecule has 3 aromatic rings. The molecule has 1 saturated heterocycles. The molecule has 178 valence electrons. The van der Waals surface area contributed by atoms with Crippen molar-refractivity contribution in [1.29, 1.82) is 0 Å².